The molecular weight excluding hydrogens is 358 g/mol. The van der Waals surface area contributed by atoms with E-state index in [0.29, 0.717) is 37.1 Å². The molecule has 1 amide bonds. The largest absolute Gasteiger partial charge is 0.382 e. The Morgan fingerprint density at radius 2 is 2.32 bits per heavy atom. The van der Waals surface area contributed by atoms with Gasteiger partial charge in [0.1, 0.15) is 10.7 Å². The molecule has 2 heterocycles. The number of hydrogen-bond acceptors (Lipinski definition) is 6. The van der Waals surface area contributed by atoms with Crippen LogP contribution in [0.4, 0.5) is 0 Å². The Balaban J connectivity index is 1.49. The molecule has 136 valence electrons. The van der Waals surface area contributed by atoms with Crippen molar-refractivity contribution in [2.45, 2.75) is 38.4 Å². The SMILES string of the molecule is CCOCCCNC(=O)CSCc1nc2sc3c(c2c(=O)[nH]1)CCC3. The van der Waals surface area contributed by atoms with Crippen LogP contribution in [-0.4, -0.2) is 41.4 Å². The number of ether oxygens (including phenoxy) is 1. The van der Waals surface area contributed by atoms with Crippen molar-refractivity contribution in [1.82, 2.24) is 15.3 Å². The van der Waals surface area contributed by atoms with E-state index in [9.17, 15) is 9.59 Å². The quantitative estimate of drug-likeness (QED) is 0.651. The molecule has 2 aromatic heterocycles. The van der Waals surface area contributed by atoms with E-state index in [1.54, 1.807) is 11.3 Å². The van der Waals surface area contributed by atoms with Gasteiger partial charge in [-0.05, 0) is 38.2 Å². The number of carbonyl (C=O) groups is 1. The number of aromatic amines is 1. The lowest BCUT2D eigenvalue weighted by molar-refractivity contribution is -0.118. The van der Waals surface area contributed by atoms with Crippen molar-refractivity contribution >= 4 is 39.2 Å². The maximum Gasteiger partial charge on any atom is 0.259 e. The number of thiophene rings is 1. The van der Waals surface area contributed by atoms with Gasteiger partial charge in [0.25, 0.3) is 5.56 Å². The van der Waals surface area contributed by atoms with Gasteiger partial charge in [-0.3, -0.25) is 9.59 Å². The number of nitrogens with one attached hydrogen (secondary N) is 2. The van der Waals surface area contributed by atoms with Crippen LogP contribution in [0.25, 0.3) is 10.2 Å². The van der Waals surface area contributed by atoms with Gasteiger partial charge in [0.2, 0.25) is 5.91 Å². The molecular formula is C17H23N3O3S2. The molecule has 0 saturated heterocycles. The average molecular weight is 382 g/mol. The number of nitrogens with zero attached hydrogens (tertiary/aromatic N) is 1. The summed E-state index contributed by atoms with van der Waals surface area (Å²) in [7, 11) is 0. The fourth-order valence-corrected chi connectivity index (χ4v) is 4.95. The zero-order valence-corrected chi connectivity index (χ0v) is 16.0. The van der Waals surface area contributed by atoms with Crippen molar-refractivity contribution in [3.63, 3.8) is 0 Å². The smallest absolute Gasteiger partial charge is 0.259 e. The number of thioether (sulfide) groups is 1. The molecule has 25 heavy (non-hydrogen) atoms. The summed E-state index contributed by atoms with van der Waals surface area (Å²) in [4.78, 5) is 33.7. The summed E-state index contributed by atoms with van der Waals surface area (Å²) in [5.41, 5.74) is 1.15. The Bertz CT molecular complexity index is 800. The van der Waals surface area contributed by atoms with Gasteiger partial charge in [0.05, 0.1) is 16.9 Å². The predicted octanol–water partition coefficient (Wildman–Crippen LogP) is 2.25. The molecule has 2 N–H and O–H groups in total. The number of carbonyl (C=O) groups excluding carboxylic acids is 1. The molecule has 3 rings (SSSR count). The molecule has 8 heteroatoms. The number of aromatic nitrogens is 2. The molecule has 0 unspecified atom stereocenters. The van der Waals surface area contributed by atoms with Crippen molar-refractivity contribution in [2.75, 3.05) is 25.5 Å². The summed E-state index contributed by atoms with van der Waals surface area (Å²) < 4.78 is 5.23. The van der Waals surface area contributed by atoms with Gasteiger partial charge in [-0.15, -0.1) is 23.1 Å². The average Bonchev–Trinajstić information content (AvgIpc) is 3.15. The molecule has 0 aromatic carbocycles. The van der Waals surface area contributed by atoms with Crippen molar-refractivity contribution in [1.29, 1.82) is 0 Å². The number of rotatable bonds is 9. The van der Waals surface area contributed by atoms with Crippen LogP contribution >= 0.6 is 23.1 Å². The summed E-state index contributed by atoms with van der Waals surface area (Å²) in [6.45, 7) is 3.95. The highest BCUT2D eigenvalue weighted by atomic mass is 32.2. The normalized spacial score (nSPS) is 13.3. The molecule has 2 aromatic rings. The highest BCUT2D eigenvalue weighted by molar-refractivity contribution is 7.99. The van der Waals surface area contributed by atoms with Crippen molar-refractivity contribution < 1.29 is 9.53 Å². The maximum atomic E-state index is 12.4. The van der Waals surface area contributed by atoms with E-state index in [1.807, 2.05) is 6.92 Å². The van der Waals surface area contributed by atoms with Crippen molar-refractivity contribution in [2.24, 2.45) is 0 Å². The number of aryl methyl sites for hydroxylation is 2. The Labute approximate surface area is 154 Å². The summed E-state index contributed by atoms with van der Waals surface area (Å²) in [5, 5.41) is 3.64. The first kappa shape index (κ1) is 18.4. The highest BCUT2D eigenvalue weighted by Crippen LogP contribution is 2.34. The zero-order chi connectivity index (χ0) is 17.6. The monoisotopic (exact) mass is 381 g/mol. The summed E-state index contributed by atoms with van der Waals surface area (Å²) >= 11 is 3.10. The van der Waals surface area contributed by atoms with E-state index in [1.165, 1.54) is 22.2 Å². The fraction of sp³-hybridized carbons (Fsp3) is 0.588. The van der Waals surface area contributed by atoms with E-state index in [2.05, 4.69) is 15.3 Å². The fourth-order valence-electron chi connectivity index (χ4n) is 2.95. The van der Waals surface area contributed by atoms with Crippen LogP contribution in [0, 0.1) is 0 Å². The van der Waals surface area contributed by atoms with E-state index in [-0.39, 0.29) is 11.5 Å². The maximum absolute atomic E-state index is 12.4. The number of fused-ring (bicyclic) bond motifs is 3. The van der Waals surface area contributed by atoms with Crippen LogP contribution in [0.2, 0.25) is 0 Å². The van der Waals surface area contributed by atoms with Gasteiger partial charge in [0.15, 0.2) is 0 Å². The van der Waals surface area contributed by atoms with Gasteiger partial charge < -0.3 is 15.0 Å². The number of amides is 1. The van der Waals surface area contributed by atoms with Crippen LogP contribution < -0.4 is 10.9 Å². The molecule has 0 atom stereocenters. The van der Waals surface area contributed by atoms with Gasteiger partial charge in [0, 0.05) is 24.6 Å². The Kier molecular flexibility index (Phi) is 6.50. The van der Waals surface area contributed by atoms with Crippen LogP contribution in [-0.2, 0) is 28.1 Å². The van der Waals surface area contributed by atoms with Crippen LogP contribution in [0.5, 0.6) is 0 Å². The lowest BCUT2D eigenvalue weighted by Gasteiger charge is -2.05. The van der Waals surface area contributed by atoms with Crippen LogP contribution in [0.1, 0.15) is 36.0 Å². The molecule has 0 saturated carbocycles. The summed E-state index contributed by atoms with van der Waals surface area (Å²) in [6, 6.07) is 0. The van der Waals surface area contributed by atoms with E-state index < -0.39 is 0 Å². The van der Waals surface area contributed by atoms with Gasteiger partial charge in [-0.1, -0.05) is 0 Å². The van der Waals surface area contributed by atoms with Gasteiger partial charge >= 0.3 is 0 Å². The Morgan fingerprint density at radius 1 is 1.44 bits per heavy atom. The molecule has 1 aliphatic rings. The third-order valence-electron chi connectivity index (χ3n) is 4.09. The first-order chi connectivity index (χ1) is 12.2. The second-order valence-electron chi connectivity index (χ2n) is 5.94. The first-order valence-corrected chi connectivity index (χ1v) is 10.6. The summed E-state index contributed by atoms with van der Waals surface area (Å²) in [6.07, 6.45) is 3.99. The summed E-state index contributed by atoms with van der Waals surface area (Å²) in [5.74, 6) is 1.53. The second kappa shape index (κ2) is 8.82. The number of hydrogen-bond donors (Lipinski definition) is 2. The Hall–Kier alpha value is -1.38. The van der Waals surface area contributed by atoms with Crippen molar-refractivity contribution in [3.8, 4) is 0 Å². The molecule has 0 aliphatic heterocycles. The van der Waals surface area contributed by atoms with E-state index >= 15 is 0 Å². The highest BCUT2D eigenvalue weighted by Gasteiger charge is 2.21. The lowest BCUT2D eigenvalue weighted by atomic mass is 10.2. The van der Waals surface area contributed by atoms with Gasteiger partial charge in [-0.2, -0.15) is 0 Å². The topological polar surface area (TPSA) is 84.1 Å². The van der Waals surface area contributed by atoms with Gasteiger partial charge in [-0.25, -0.2) is 4.98 Å². The van der Waals surface area contributed by atoms with Crippen LogP contribution in [0.3, 0.4) is 0 Å². The third-order valence-corrected chi connectivity index (χ3v) is 6.22. The van der Waals surface area contributed by atoms with Crippen LogP contribution in [0.15, 0.2) is 4.79 Å². The van der Waals surface area contributed by atoms with E-state index in [0.717, 1.165) is 35.9 Å². The Morgan fingerprint density at radius 3 is 3.16 bits per heavy atom. The van der Waals surface area contributed by atoms with E-state index in [4.69, 9.17) is 4.74 Å². The molecule has 0 radical (unpaired) electrons. The predicted molar refractivity (Wildman–Crippen MR) is 103 cm³/mol. The first-order valence-electron chi connectivity index (χ1n) is 8.64. The number of H-pyrrole nitrogens is 1. The molecule has 0 fully saturated rings. The lowest BCUT2D eigenvalue weighted by Crippen LogP contribution is -2.27. The molecule has 6 nitrogen and oxygen atoms in total. The molecule has 0 bridgehead atoms. The molecule has 0 spiro atoms. The third kappa shape index (κ3) is 4.62. The zero-order valence-electron chi connectivity index (χ0n) is 14.4. The minimum Gasteiger partial charge on any atom is -0.382 e. The minimum atomic E-state index is -0.0413. The molecule has 1 aliphatic carbocycles. The minimum absolute atomic E-state index is 0.0000218. The standard InChI is InChI=1S/C17H23N3O3S2/c1-2-23-8-4-7-18-14(21)10-24-9-13-19-16(22)15-11-5-3-6-12(11)25-17(15)20-13/h2-10H2,1H3,(H,18,21)(H,19,20,22). The second-order valence-corrected chi connectivity index (χ2v) is 8.01. The van der Waals surface area contributed by atoms with Crippen molar-refractivity contribution in [3.05, 3.63) is 26.6 Å².